The zero-order chi connectivity index (χ0) is 16.8. The van der Waals surface area contributed by atoms with Crippen molar-refractivity contribution >= 4 is 5.97 Å². The van der Waals surface area contributed by atoms with Crippen molar-refractivity contribution in [3.8, 4) is 5.75 Å². The molecule has 0 amide bonds. The fourth-order valence-corrected chi connectivity index (χ4v) is 2.70. The fourth-order valence-electron chi connectivity index (χ4n) is 2.70. The van der Waals surface area contributed by atoms with E-state index in [1.165, 1.54) is 11.1 Å². The van der Waals surface area contributed by atoms with Crippen LogP contribution in [0, 0.1) is 13.8 Å². The van der Waals surface area contributed by atoms with Crippen molar-refractivity contribution in [3.63, 3.8) is 0 Å². The molecule has 4 nitrogen and oxygen atoms in total. The van der Waals surface area contributed by atoms with E-state index in [9.17, 15) is 4.79 Å². The van der Waals surface area contributed by atoms with Gasteiger partial charge in [0.15, 0.2) is 6.61 Å². The maximum absolute atomic E-state index is 10.6. The molecule has 0 aliphatic rings. The second-order valence-corrected chi connectivity index (χ2v) is 5.80. The molecule has 1 N–H and O–H groups in total. The molecular formula is C19H23NO3. The van der Waals surface area contributed by atoms with Gasteiger partial charge < -0.3 is 9.84 Å². The van der Waals surface area contributed by atoms with Crippen LogP contribution in [0.5, 0.6) is 5.75 Å². The van der Waals surface area contributed by atoms with Crippen LogP contribution in [0.15, 0.2) is 30.5 Å². The Bertz CT molecular complexity index is 672. The van der Waals surface area contributed by atoms with E-state index in [0.717, 1.165) is 36.1 Å². The molecule has 4 heteroatoms. The smallest absolute Gasteiger partial charge is 0.341 e. The van der Waals surface area contributed by atoms with E-state index in [2.05, 4.69) is 18.0 Å². The quantitative estimate of drug-likeness (QED) is 0.846. The Morgan fingerprint density at radius 3 is 2.52 bits per heavy atom. The highest BCUT2D eigenvalue weighted by Crippen LogP contribution is 2.24. The lowest BCUT2D eigenvalue weighted by Crippen LogP contribution is -2.10. The maximum atomic E-state index is 10.6. The number of benzene rings is 1. The summed E-state index contributed by atoms with van der Waals surface area (Å²) in [5.74, 6) is -0.364. The minimum absolute atomic E-state index is 0.317. The van der Waals surface area contributed by atoms with E-state index in [1.807, 2.05) is 38.2 Å². The summed E-state index contributed by atoms with van der Waals surface area (Å²) in [4.78, 5) is 15.0. The highest BCUT2D eigenvalue weighted by Gasteiger charge is 2.09. The van der Waals surface area contributed by atoms with Crippen molar-refractivity contribution in [1.29, 1.82) is 0 Å². The number of rotatable bonds is 7. The molecule has 2 aromatic rings. The number of nitrogens with zero attached hydrogens (tertiary/aromatic N) is 1. The molecule has 0 aliphatic carbocycles. The van der Waals surface area contributed by atoms with Crippen LogP contribution in [-0.4, -0.2) is 22.7 Å². The average Bonchev–Trinajstić information content (AvgIpc) is 2.49. The van der Waals surface area contributed by atoms with Crippen molar-refractivity contribution in [2.75, 3.05) is 6.61 Å². The summed E-state index contributed by atoms with van der Waals surface area (Å²) in [6.45, 7) is 5.90. The second-order valence-electron chi connectivity index (χ2n) is 5.80. The number of ether oxygens (including phenoxy) is 1. The molecule has 0 saturated carbocycles. The van der Waals surface area contributed by atoms with Crippen LogP contribution in [0.4, 0.5) is 0 Å². The molecule has 0 saturated heterocycles. The first kappa shape index (κ1) is 17.0. The van der Waals surface area contributed by atoms with E-state index >= 15 is 0 Å². The van der Waals surface area contributed by atoms with Gasteiger partial charge in [0.25, 0.3) is 0 Å². The van der Waals surface area contributed by atoms with Crippen LogP contribution >= 0.6 is 0 Å². The van der Waals surface area contributed by atoms with Gasteiger partial charge in [-0.1, -0.05) is 13.3 Å². The Morgan fingerprint density at radius 1 is 1.22 bits per heavy atom. The minimum Gasteiger partial charge on any atom is -0.482 e. The standard InChI is InChI=1S/C19H23NO3/c1-4-5-16-10-15(6-7-20-16)11-18-13(2)8-17(9-14(18)3)23-12-19(21)22/h6-10H,4-5,11-12H2,1-3H3,(H,21,22). The molecule has 0 fully saturated rings. The maximum Gasteiger partial charge on any atom is 0.341 e. The molecule has 122 valence electrons. The molecule has 1 aromatic heterocycles. The SMILES string of the molecule is CCCc1cc(Cc2c(C)cc(OCC(=O)O)cc2C)ccn1. The predicted octanol–water partition coefficient (Wildman–Crippen LogP) is 3.71. The molecule has 23 heavy (non-hydrogen) atoms. The Hall–Kier alpha value is -2.36. The minimum atomic E-state index is -0.968. The normalized spacial score (nSPS) is 10.6. The van der Waals surface area contributed by atoms with E-state index in [1.54, 1.807) is 0 Å². The molecule has 0 atom stereocenters. The number of aromatic nitrogens is 1. The molecule has 0 spiro atoms. The van der Waals surface area contributed by atoms with E-state index in [-0.39, 0.29) is 6.61 Å². The summed E-state index contributed by atoms with van der Waals surface area (Å²) >= 11 is 0. The van der Waals surface area contributed by atoms with Crippen molar-refractivity contribution < 1.29 is 14.6 Å². The zero-order valence-electron chi connectivity index (χ0n) is 13.9. The highest BCUT2D eigenvalue weighted by atomic mass is 16.5. The van der Waals surface area contributed by atoms with Crippen molar-refractivity contribution in [2.24, 2.45) is 0 Å². The van der Waals surface area contributed by atoms with Crippen LogP contribution < -0.4 is 4.74 Å². The van der Waals surface area contributed by atoms with Crippen LogP contribution in [0.1, 0.15) is 41.3 Å². The fraction of sp³-hybridized carbons (Fsp3) is 0.368. The van der Waals surface area contributed by atoms with Gasteiger partial charge >= 0.3 is 5.97 Å². The molecule has 1 heterocycles. The third-order valence-corrected chi connectivity index (χ3v) is 3.80. The van der Waals surface area contributed by atoms with E-state index in [0.29, 0.717) is 5.75 Å². The van der Waals surface area contributed by atoms with E-state index < -0.39 is 5.97 Å². The third kappa shape index (κ3) is 4.81. The number of hydrogen-bond donors (Lipinski definition) is 1. The van der Waals surface area contributed by atoms with Gasteiger partial charge in [0.05, 0.1) is 0 Å². The lowest BCUT2D eigenvalue weighted by molar-refractivity contribution is -0.139. The number of aliphatic carboxylic acids is 1. The summed E-state index contributed by atoms with van der Waals surface area (Å²) < 4.78 is 5.28. The van der Waals surface area contributed by atoms with Gasteiger partial charge in [-0.3, -0.25) is 4.98 Å². The molecule has 0 radical (unpaired) electrons. The molecule has 2 rings (SSSR count). The van der Waals surface area contributed by atoms with Gasteiger partial charge in [-0.15, -0.1) is 0 Å². The van der Waals surface area contributed by atoms with Gasteiger partial charge in [0, 0.05) is 11.9 Å². The summed E-state index contributed by atoms with van der Waals surface area (Å²) in [6.07, 6.45) is 4.79. The van der Waals surface area contributed by atoms with Crippen molar-refractivity contribution in [2.45, 2.75) is 40.0 Å². The lowest BCUT2D eigenvalue weighted by Gasteiger charge is -2.13. The van der Waals surface area contributed by atoms with Crippen LogP contribution in [0.25, 0.3) is 0 Å². The number of pyridine rings is 1. The lowest BCUT2D eigenvalue weighted by atomic mass is 9.95. The third-order valence-electron chi connectivity index (χ3n) is 3.80. The average molecular weight is 313 g/mol. The van der Waals surface area contributed by atoms with Crippen LogP contribution in [-0.2, 0) is 17.6 Å². The van der Waals surface area contributed by atoms with Gasteiger partial charge in [-0.2, -0.15) is 0 Å². The number of carbonyl (C=O) groups is 1. The van der Waals surface area contributed by atoms with Crippen molar-refractivity contribution in [1.82, 2.24) is 4.98 Å². The topological polar surface area (TPSA) is 59.4 Å². The largest absolute Gasteiger partial charge is 0.482 e. The Labute approximate surface area is 137 Å². The van der Waals surface area contributed by atoms with Gasteiger partial charge in [0.2, 0.25) is 0 Å². The number of carboxylic acids is 1. The second kappa shape index (κ2) is 7.77. The Morgan fingerprint density at radius 2 is 1.91 bits per heavy atom. The van der Waals surface area contributed by atoms with Crippen LogP contribution in [0.3, 0.4) is 0 Å². The Balaban J connectivity index is 2.19. The van der Waals surface area contributed by atoms with Crippen molar-refractivity contribution in [3.05, 3.63) is 58.4 Å². The Kier molecular flexibility index (Phi) is 5.74. The highest BCUT2D eigenvalue weighted by molar-refractivity contribution is 5.68. The van der Waals surface area contributed by atoms with E-state index in [4.69, 9.17) is 9.84 Å². The molecular weight excluding hydrogens is 290 g/mol. The zero-order valence-corrected chi connectivity index (χ0v) is 13.9. The summed E-state index contributed by atoms with van der Waals surface area (Å²) in [5.41, 5.74) is 5.84. The van der Waals surface area contributed by atoms with Crippen LogP contribution in [0.2, 0.25) is 0 Å². The van der Waals surface area contributed by atoms with Gasteiger partial charge in [-0.25, -0.2) is 4.79 Å². The first-order valence-corrected chi connectivity index (χ1v) is 7.88. The molecule has 0 aliphatic heterocycles. The number of carboxylic acid groups (broad SMARTS) is 1. The first-order chi connectivity index (χ1) is 11.0. The summed E-state index contributed by atoms with van der Waals surface area (Å²) in [6, 6.07) is 8.02. The molecule has 0 unspecified atom stereocenters. The summed E-state index contributed by atoms with van der Waals surface area (Å²) in [7, 11) is 0. The number of aryl methyl sites for hydroxylation is 3. The van der Waals surface area contributed by atoms with Gasteiger partial charge in [-0.05, 0) is 73.2 Å². The molecule has 0 bridgehead atoms. The van der Waals surface area contributed by atoms with Gasteiger partial charge in [0.1, 0.15) is 5.75 Å². The number of hydrogen-bond acceptors (Lipinski definition) is 3. The molecule has 1 aromatic carbocycles. The first-order valence-electron chi connectivity index (χ1n) is 7.88. The monoisotopic (exact) mass is 313 g/mol. The summed E-state index contributed by atoms with van der Waals surface area (Å²) in [5, 5.41) is 8.70. The predicted molar refractivity (Wildman–Crippen MR) is 90.1 cm³/mol.